The van der Waals surface area contributed by atoms with Crippen molar-refractivity contribution in [2.45, 2.75) is 45.3 Å². The van der Waals surface area contributed by atoms with Gasteiger partial charge in [-0.15, -0.1) is 0 Å². The molecule has 0 radical (unpaired) electrons. The fourth-order valence-corrected chi connectivity index (χ4v) is 3.84. The van der Waals surface area contributed by atoms with Crippen LogP contribution in [0.3, 0.4) is 0 Å². The number of halogens is 3. The number of alkyl halides is 3. The number of benzene rings is 1. The van der Waals surface area contributed by atoms with Crippen molar-refractivity contribution < 1.29 is 13.2 Å². The van der Waals surface area contributed by atoms with Crippen molar-refractivity contribution in [1.82, 2.24) is 5.32 Å². The minimum atomic E-state index is -4.26. The van der Waals surface area contributed by atoms with Gasteiger partial charge in [0.15, 0.2) is 0 Å². The third kappa shape index (κ3) is 4.00. The van der Waals surface area contributed by atoms with E-state index in [4.69, 9.17) is 0 Å². The molecule has 0 bridgehead atoms. The Morgan fingerprint density at radius 2 is 1.52 bits per heavy atom. The monoisotopic (exact) mass is 299 g/mol. The van der Waals surface area contributed by atoms with Gasteiger partial charge in [0.25, 0.3) is 0 Å². The summed E-state index contributed by atoms with van der Waals surface area (Å²) in [5.74, 6) is 1.86. The van der Waals surface area contributed by atoms with Crippen LogP contribution in [0.15, 0.2) is 24.3 Å². The Morgan fingerprint density at radius 1 is 1.00 bits per heavy atom. The second-order valence-electron chi connectivity index (χ2n) is 6.56. The molecule has 3 atom stereocenters. The van der Waals surface area contributed by atoms with Crippen LogP contribution in [-0.4, -0.2) is 7.05 Å². The van der Waals surface area contributed by atoms with Crippen molar-refractivity contribution in [3.63, 3.8) is 0 Å². The van der Waals surface area contributed by atoms with Crippen LogP contribution in [0.5, 0.6) is 0 Å². The molecule has 4 heteroatoms. The molecule has 118 valence electrons. The molecule has 0 saturated heterocycles. The maximum absolute atomic E-state index is 12.6. The summed E-state index contributed by atoms with van der Waals surface area (Å²) in [7, 11) is 1.90. The molecule has 1 aromatic rings. The van der Waals surface area contributed by atoms with Crippen molar-refractivity contribution >= 4 is 0 Å². The van der Waals surface area contributed by atoms with Gasteiger partial charge in [-0.2, -0.15) is 13.2 Å². The summed E-state index contributed by atoms with van der Waals surface area (Å²) in [6.45, 7) is 4.53. The fraction of sp³-hybridized carbons (Fsp3) is 0.647. The van der Waals surface area contributed by atoms with Crippen LogP contribution in [0.2, 0.25) is 0 Å². The van der Waals surface area contributed by atoms with Crippen LogP contribution in [-0.2, 0) is 6.18 Å². The Labute approximate surface area is 124 Å². The zero-order valence-corrected chi connectivity index (χ0v) is 12.9. The predicted molar refractivity (Wildman–Crippen MR) is 78.9 cm³/mol. The first-order chi connectivity index (χ1) is 9.81. The summed E-state index contributed by atoms with van der Waals surface area (Å²) in [5, 5.41) is 3.31. The highest BCUT2D eigenvalue weighted by molar-refractivity contribution is 5.27. The number of hydrogen-bond donors (Lipinski definition) is 1. The molecule has 2 rings (SSSR count). The summed E-state index contributed by atoms with van der Waals surface area (Å²) >= 11 is 0. The highest BCUT2D eigenvalue weighted by atomic mass is 19.4. The summed E-state index contributed by atoms with van der Waals surface area (Å²) in [6.07, 6.45) is -0.741. The second kappa shape index (κ2) is 6.39. The molecule has 0 spiro atoms. The normalized spacial score (nSPS) is 28.4. The zero-order chi connectivity index (χ0) is 15.6. The summed E-state index contributed by atoms with van der Waals surface area (Å²) in [4.78, 5) is 0. The molecule has 1 aromatic carbocycles. The maximum atomic E-state index is 12.6. The number of nitrogens with one attached hydrogen (secondary N) is 1. The lowest BCUT2D eigenvalue weighted by molar-refractivity contribution is -0.137. The molecule has 0 heterocycles. The third-order valence-electron chi connectivity index (χ3n) is 4.59. The van der Waals surface area contributed by atoms with Gasteiger partial charge in [-0.1, -0.05) is 26.0 Å². The molecule has 1 saturated carbocycles. The minimum absolute atomic E-state index is 0.137. The Bertz CT molecular complexity index is 442. The van der Waals surface area contributed by atoms with Crippen molar-refractivity contribution in [3.05, 3.63) is 35.4 Å². The molecule has 21 heavy (non-hydrogen) atoms. The van der Waals surface area contributed by atoms with Gasteiger partial charge in [0.05, 0.1) is 5.56 Å². The van der Waals surface area contributed by atoms with Crippen molar-refractivity contribution in [2.75, 3.05) is 7.05 Å². The Morgan fingerprint density at radius 3 is 1.95 bits per heavy atom. The van der Waals surface area contributed by atoms with E-state index in [-0.39, 0.29) is 6.04 Å². The van der Waals surface area contributed by atoms with Crippen molar-refractivity contribution in [1.29, 1.82) is 0 Å². The van der Waals surface area contributed by atoms with Crippen LogP contribution in [0, 0.1) is 17.8 Å². The molecule has 3 unspecified atom stereocenters. The smallest absolute Gasteiger partial charge is 0.313 e. The van der Waals surface area contributed by atoms with E-state index in [1.54, 1.807) is 12.1 Å². The largest absolute Gasteiger partial charge is 0.416 e. The van der Waals surface area contributed by atoms with E-state index in [0.29, 0.717) is 17.8 Å². The van der Waals surface area contributed by atoms with Crippen LogP contribution in [0.4, 0.5) is 13.2 Å². The second-order valence-corrected chi connectivity index (χ2v) is 6.56. The quantitative estimate of drug-likeness (QED) is 0.824. The van der Waals surface area contributed by atoms with Gasteiger partial charge in [-0.3, -0.25) is 0 Å². The highest BCUT2D eigenvalue weighted by Crippen LogP contribution is 2.40. The standard InChI is InChI=1S/C17H24F3N/c1-11-8-12(2)10-14(9-11)16(21-3)13-4-6-15(7-5-13)17(18,19)20/h4-7,11-12,14,16,21H,8-10H2,1-3H3. The van der Waals surface area contributed by atoms with E-state index >= 15 is 0 Å². The summed E-state index contributed by atoms with van der Waals surface area (Å²) in [6, 6.07) is 5.75. The predicted octanol–water partition coefficient (Wildman–Crippen LogP) is 5.04. The zero-order valence-electron chi connectivity index (χ0n) is 12.9. The highest BCUT2D eigenvalue weighted by Gasteiger charge is 2.32. The molecule has 1 N–H and O–H groups in total. The lowest BCUT2D eigenvalue weighted by Gasteiger charge is -2.36. The molecule has 1 nitrogen and oxygen atoms in total. The molecule has 1 aliphatic carbocycles. The van der Waals surface area contributed by atoms with Gasteiger partial charge in [0.1, 0.15) is 0 Å². The minimum Gasteiger partial charge on any atom is -0.313 e. The molecule has 0 aliphatic heterocycles. The fourth-order valence-electron chi connectivity index (χ4n) is 3.84. The first-order valence-corrected chi connectivity index (χ1v) is 7.65. The number of rotatable bonds is 3. The Balaban J connectivity index is 2.17. The van der Waals surface area contributed by atoms with Crippen molar-refractivity contribution in [2.24, 2.45) is 17.8 Å². The van der Waals surface area contributed by atoms with E-state index in [1.807, 2.05) is 7.05 Å². The molecule has 1 fully saturated rings. The first kappa shape index (κ1) is 16.3. The Hall–Kier alpha value is -1.03. The molecular weight excluding hydrogens is 275 g/mol. The van der Waals surface area contributed by atoms with E-state index < -0.39 is 11.7 Å². The lowest BCUT2D eigenvalue weighted by Crippen LogP contribution is -2.31. The third-order valence-corrected chi connectivity index (χ3v) is 4.59. The van der Waals surface area contributed by atoms with Gasteiger partial charge < -0.3 is 5.32 Å². The first-order valence-electron chi connectivity index (χ1n) is 7.65. The van der Waals surface area contributed by atoms with Crippen LogP contribution in [0.25, 0.3) is 0 Å². The van der Waals surface area contributed by atoms with Gasteiger partial charge in [-0.25, -0.2) is 0 Å². The molecular formula is C17H24F3N. The van der Waals surface area contributed by atoms with E-state index in [9.17, 15) is 13.2 Å². The Kier molecular flexibility index (Phi) is 4.97. The topological polar surface area (TPSA) is 12.0 Å². The molecule has 0 aromatic heterocycles. The average Bonchev–Trinajstić information content (AvgIpc) is 2.38. The van der Waals surface area contributed by atoms with E-state index in [0.717, 1.165) is 18.4 Å². The summed E-state index contributed by atoms with van der Waals surface area (Å²) < 4.78 is 37.9. The molecule has 1 aliphatic rings. The average molecular weight is 299 g/mol. The van der Waals surface area contributed by atoms with Crippen molar-refractivity contribution in [3.8, 4) is 0 Å². The van der Waals surface area contributed by atoms with Gasteiger partial charge in [0.2, 0.25) is 0 Å². The maximum Gasteiger partial charge on any atom is 0.416 e. The van der Waals surface area contributed by atoms with Crippen LogP contribution >= 0.6 is 0 Å². The van der Waals surface area contributed by atoms with Crippen LogP contribution < -0.4 is 5.32 Å². The van der Waals surface area contributed by atoms with Crippen LogP contribution in [0.1, 0.15) is 50.3 Å². The van der Waals surface area contributed by atoms with E-state index in [2.05, 4.69) is 19.2 Å². The van der Waals surface area contributed by atoms with E-state index in [1.165, 1.54) is 18.6 Å². The van der Waals surface area contributed by atoms with Gasteiger partial charge in [0, 0.05) is 6.04 Å². The summed E-state index contributed by atoms with van der Waals surface area (Å²) in [5.41, 5.74) is 0.378. The SMILES string of the molecule is CNC(c1ccc(C(F)(F)F)cc1)C1CC(C)CC(C)C1. The molecule has 0 amide bonds. The lowest BCUT2D eigenvalue weighted by atomic mass is 9.72. The van der Waals surface area contributed by atoms with Gasteiger partial charge in [-0.05, 0) is 61.8 Å². The number of hydrogen-bond acceptors (Lipinski definition) is 1. The van der Waals surface area contributed by atoms with Gasteiger partial charge >= 0.3 is 6.18 Å².